The van der Waals surface area contributed by atoms with Gasteiger partial charge in [-0.2, -0.15) is 0 Å². The average Bonchev–Trinajstić information content (AvgIpc) is 2.66. The van der Waals surface area contributed by atoms with Crippen molar-refractivity contribution >= 4 is 10.1 Å². The number of rotatable bonds is 22. The Balaban J connectivity index is 0. The van der Waals surface area contributed by atoms with Crippen LogP contribution in [0.15, 0.2) is 0 Å². The van der Waals surface area contributed by atoms with Crippen molar-refractivity contribution in [3.63, 3.8) is 0 Å². The van der Waals surface area contributed by atoms with Crippen molar-refractivity contribution in [3.05, 3.63) is 0 Å². The molecule has 176 valence electrons. The number of unbranched alkanes of at least 4 members (excludes halogenated alkanes) is 13. The molecule has 0 aliphatic heterocycles. The summed E-state index contributed by atoms with van der Waals surface area (Å²) in [5.41, 5.74) is 0. The van der Waals surface area contributed by atoms with Crippen LogP contribution >= 0.6 is 0 Å². The summed E-state index contributed by atoms with van der Waals surface area (Å²) in [7, 11) is -4.14. The molecule has 0 aromatic heterocycles. The second-order valence-corrected chi connectivity index (χ2v) is 10.5. The van der Waals surface area contributed by atoms with Gasteiger partial charge in [-0.25, -0.2) is 8.42 Å². The van der Waals surface area contributed by atoms with Crippen LogP contribution in [-0.2, 0) is 10.1 Å². The van der Waals surface area contributed by atoms with Crippen LogP contribution in [0.3, 0.4) is 0 Å². The Bertz CT molecular complexity index is 442. The molecule has 0 heterocycles. The van der Waals surface area contributed by atoms with Crippen LogP contribution in [0.25, 0.3) is 0 Å². The number of aliphatic hydroxyl groups excluding tert-OH is 1. The molecule has 0 amide bonds. The fraction of sp³-hybridized carbons (Fsp3) is 1.00. The summed E-state index contributed by atoms with van der Waals surface area (Å²) in [6.07, 6.45) is 20.9. The maximum Gasteiger partial charge on any atom is 1.00 e. The van der Waals surface area contributed by atoms with Gasteiger partial charge < -0.3 is 9.66 Å². The van der Waals surface area contributed by atoms with Crippen LogP contribution in [0.2, 0.25) is 0 Å². The van der Waals surface area contributed by atoms with E-state index in [0.29, 0.717) is 12.8 Å². The molecule has 0 aliphatic carbocycles. The van der Waals surface area contributed by atoms with E-state index in [1.54, 1.807) is 0 Å². The van der Waals surface area contributed by atoms with E-state index in [0.717, 1.165) is 70.6 Å². The van der Waals surface area contributed by atoms with Crippen LogP contribution in [0.1, 0.15) is 142 Å². The molecule has 0 saturated heterocycles. The van der Waals surface area contributed by atoms with Crippen LogP contribution in [-0.4, -0.2) is 29.4 Å². The van der Waals surface area contributed by atoms with Crippen molar-refractivity contribution in [2.45, 2.75) is 154 Å². The molecule has 0 bridgehead atoms. The third kappa shape index (κ3) is 22.1. The Kier molecular flexibility index (Phi) is 25.4. The van der Waals surface area contributed by atoms with Crippen molar-refractivity contribution < 1.29 is 47.6 Å². The fourth-order valence-electron chi connectivity index (χ4n) is 4.00. The maximum absolute atomic E-state index is 11.4. The molecule has 2 atom stereocenters. The van der Waals surface area contributed by atoms with Gasteiger partial charge in [0, 0.05) is 5.25 Å². The van der Waals surface area contributed by atoms with Crippen molar-refractivity contribution in [1.82, 2.24) is 0 Å². The van der Waals surface area contributed by atoms with Gasteiger partial charge in [-0.05, 0) is 25.7 Å². The smallest absolute Gasteiger partial charge is 0.748 e. The Labute approximate surface area is 210 Å². The maximum atomic E-state index is 11.4. The standard InChI is InChI=1S/C24H50O4S.Na/c1-3-5-7-17-21-24(29(26,27)28)22-18-14-12-10-8-9-11-13-16-20-23(25)19-15-6-4-2;/h23-25H,3-22H2,1-2H3,(H,26,27,28);/q;+1/p-1. The molecule has 0 aliphatic rings. The largest absolute Gasteiger partial charge is 1.00 e. The number of hydrogen-bond donors (Lipinski definition) is 1. The number of hydrogen-bond acceptors (Lipinski definition) is 4. The second-order valence-electron chi connectivity index (χ2n) is 8.87. The fourth-order valence-corrected chi connectivity index (χ4v) is 4.91. The van der Waals surface area contributed by atoms with Crippen molar-refractivity contribution in [2.24, 2.45) is 0 Å². The summed E-state index contributed by atoms with van der Waals surface area (Å²) in [5, 5.41) is 9.23. The third-order valence-electron chi connectivity index (χ3n) is 5.99. The molecule has 2 unspecified atom stereocenters. The number of aliphatic hydroxyl groups is 1. The minimum Gasteiger partial charge on any atom is -0.748 e. The molecule has 6 heteroatoms. The first-order valence-electron chi connectivity index (χ1n) is 12.5. The van der Waals surface area contributed by atoms with Gasteiger partial charge in [0.05, 0.1) is 16.2 Å². The topological polar surface area (TPSA) is 77.4 Å². The zero-order chi connectivity index (χ0) is 21.8. The average molecular weight is 457 g/mol. The summed E-state index contributed by atoms with van der Waals surface area (Å²) >= 11 is 0. The van der Waals surface area contributed by atoms with Gasteiger partial charge in [-0.15, -0.1) is 0 Å². The predicted octanol–water partition coefficient (Wildman–Crippen LogP) is 4.11. The molecule has 0 fully saturated rings. The van der Waals surface area contributed by atoms with E-state index < -0.39 is 15.4 Å². The minimum atomic E-state index is -4.14. The van der Waals surface area contributed by atoms with Gasteiger partial charge in [-0.3, -0.25) is 0 Å². The third-order valence-corrected chi connectivity index (χ3v) is 7.28. The molecular weight excluding hydrogens is 407 g/mol. The first kappa shape index (κ1) is 33.0. The monoisotopic (exact) mass is 456 g/mol. The predicted molar refractivity (Wildman–Crippen MR) is 123 cm³/mol. The Morgan fingerprint density at radius 3 is 1.30 bits per heavy atom. The van der Waals surface area contributed by atoms with Gasteiger partial charge in [0.15, 0.2) is 0 Å². The first-order chi connectivity index (χ1) is 13.9. The minimum absolute atomic E-state index is 0. The molecule has 0 aromatic rings. The van der Waals surface area contributed by atoms with E-state index in [4.69, 9.17) is 0 Å². The van der Waals surface area contributed by atoms with Gasteiger partial charge in [0.1, 0.15) is 0 Å². The molecule has 0 aromatic carbocycles. The quantitative estimate of drug-likeness (QED) is 0.151. The summed E-state index contributed by atoms with van der Waals surface area (Å²) in [6.45, 7) is 4.32. The van der Waals surface area contributed by atoms with Crippen molar-refractivity contribution in [1.29, 1.82) is 0 Å². The summed E-state index contributed by atoms with van der Waals surface area (Å²) in [4.78, 5) is 0. The SMILES string of the molecule is CCCCCCC(CCCCCCCCCCCC(O)CCCCC)S(=O)(=O)[O-].[Na+]. The van der Waals surface area contributed by atoms with Crippen molar-refractivity contribution in [2.75, 3.05) is 0 Å². The molecule has 0 radical (unpaired) electrons. The van der Waals surface area contributed by atoms with Gasteiger partial charge in [-0.1, -0.05) is 117 Å². The molecule has 30 heavy (non-hydrogen) atoms. The molecule has 4 nitrogen and oxygen atoms in total. The molecular formula is C24H49NaO4S. The summed E-state index contributed by atoms with van der Waals surface area (Å²) < 4.78 is 34.3. The van der Waals surface area contributed by atoms with E-state index in [2.05, 4.69) is 13.8 Å². The molecule has 0 saturated carbocycles. The van der Waals surface area contributed by atoms with Crippen LogP contribution < -0.4 is 29.6 Å². The molecule has 0 spiro atoms. The second kappa shape index (κ2) is 23.0. The zero-order valence-corrected chi connectivity index (χ0v) is 23.2. The van der Waals surface area contributed by atoms with Gasteiger partial charge >= 0.3 is 29.6 Å². The van der Waals surface area contributed by atoms with Crippen LogP contribution in [0.5, 0.6) is 0 Å². The summed E-state index contributed by atoms with van der Waals surface area (Å²) in [6, 6.07) is 0. The van der Waals surface area contributed by atoms with E-state index in [1.807, 2.05) is 0 Å². The molecule has 0 rings (SSSR count). The molecule has 1 N–H and O–H groups in total. The van der Waals surface area contributed by atoms with Crippen molar-refractivity contribution in [3.8, 4) is 0 Å². The van der Waals surface area contributed by atoms with Crippen LogP contribution in [0.4, 0.5) is 0 Å². The Morgan fingerprint density at radius 1 is 0.600 bits per heavy atom. The van der Waals surface area contributed by atoms with Gasteiger partial charge in [0.25, 0.3) is 0 Å². The van der Waals surface area contributed by atoms with Gasteiger partial charge in [0.2, 0.25) is 0 Å². The summed E-state index contributed by atoms with van der Waals surface area (Å²) in [5.74, 6) is 0. The van der Waals surface area contributed by atoms with Crippen LogP contribution in [0, 0.1) is 0 Å². The normalized spacial score (nSPS) is 13.7. The van der Waals surface area contributed by atoms with E-state index >= 15 is 0 Å². The van der Waals surface area contributed by atoms with E-state index in [9.17, 15) is 18.1 Å². The Morgan fingerprint density at radius 2 is 0.900 bits per heavy atom. The first-order valence-corrected chi connectivity index (χ1v) is 14.0. The van der Waals surface area contributed by atoms with E-state index in [-0.39, 0.29) is 35.7 Å². The van der Waals surface area contributed by atoms with E-state index in [1.165, 1.54) is 44.9 Å². The zero-order valence-electron chi connectivity index (χ0n) is 20.4. The Hall–Kier alpha value is 0.870.